The maximum atomic E-state index is 14.4. The topological polar surface area (TPSA) is 61.0 Å². The lowest BCUT2D eigenvalue weighted by Gasteiger charge is -2.45. The number of thiophene rings is 1. The first-order valence-electron chi connectivity index (χ1n) is 11.8. The predicted octanol–water partition coefficient (Wildman–Crippen LogP) is 5.15. The molecule has 2 aliphatic rings. The molecule has 1 saturated heterocycles. The van der Waals surface area contributed by atoms with E-state index in [9.17, 15) is 8.78 Å². The van der Waals surface area contributed by atoms with Crippen molar-refractivity contribution in [3.05, 3.63) is 80.7 Å². The Kier molecular flexibility index (Phi) is 5.94. The number of ether oxygens (including phenoxy) is 1. The summed E-state index contributed by atoms with van der Waals surface area (Å²) < 4.78 is 38.8. The summed E-state index contributed by atoms with van der Waals surface area (Å²) in [6, 6.07) is 7.25. The van der Waals surface area contributed by atoms with Gasteiger partial charge in [0.1, 0.15) is 12.2 Å². The van der Waals surface area contributed by atoms with Crippen molar-refractivity contribution in [2.75, 3.05) is 19.7 Å². The molecule has 4 aromatic heterocycles. The first-order chi connectivity index (χ1) is 17.3. The van der Waals surface area contributed by atoms with E-state index in [1.807, 2.05) is 46.9 Å². The van der Waals surface area contributed by atoms with E-state index >= 15 is 0 Å². The molecular formula is C25H25ClF2N6OS. The highest BCUT2D eigenvalue weighted by Crippen LogP contribution is 2.52. The van der Waals surface area contributed by atoms with Crippen molar-refractivity contribution >= 4 is 22.9 Å². The van der Waals surface area contributed by atoms with Crippen LogP contribution in [0.15, 0.2) is 49.1 Å². The molecule has 6 heterocycles. The third-order valence-corrected chi connectivity index (χ3v) is 8.52. The molecule has 0 amide bonds. The van der Waals surface area contributed by atoms with E-state index in [0.29, 0.717) is 28.6 Å². The molecule has 0 aromatic carbocycles. The number of hydrogen-bond donors (Lipinski definition) is 0. The van der Waals surface area contributed by atoms with Crippen LogP contribution in [0, 0.1) is 6.92 Å². The van der Waals surface area contributed by atoms with Crippen LogP contribution in [0.3, 0.4) is 0 Å². The third kappa shape index (κ3) is 4.26. The molecule has 1 fully saturated rings. The van der Waals surface area contributed by atoms with Gasteiger partial charge in [0.05, 0.1) is 16.6 Å². The SMILES string of the molecule is Cc1nn(-c2ncccc2Cn2cccn2)cc1CN1CCC2(CC1)OCC(F)(F)c1cc(Cl)sc12. The van der Waals surface area contributed by atoms with Gasteiger partial charge in [-0.05, 0) is 38.0 Å². The molecule has 6 rings (SSSR count). The number of aromatic nitrogens is 5. The molecule has 188 valence electrons. The number of fused-ring (bicyclic) bond motifs is 2. The van der Waals surface area contributed by atoms with E-state index in [0.717, 1.165) is 42.3 Å². The van der Waals surface area contributed by atoms with Crippen LogP contribution in [-0.2, 0) is 29.3 Å². The average Bonchev–Trinajstić information content (AvgIpc) is 3.60. The number of rotatable bonds is 5. The summed E-state index contributed by atoms with van der Waals surface area (Å²) in [6.07, 6.45) is 8.77. The van der Waals surface area contributed by atoms with Crippen molar-refractivity contribution in [1.29, 1.82) is 0 Å². The molecule has 0 bridgehead atoms. The summed E-state index contributed by atoms with van der Waals surface area (Å²) in [6.45, 7) is 4.20. The molecular weight excluding hydrogens is 506 g/mol. The van der Waals surface area contributed by atoms with Gasteiger partial charge in [0.2, 0.25) is 0 Å². The number of halogens is 3. The normalized spacial score (nSPS) is 19.0. The minimum atomic E-state index is -2.99. The molecule has 4 aromatic rings. The van der Waals surface area contributed by atoms with Crippen molar-refractivity contribution < 1.29 is 13.5 Å². The van der Waals surface area contributed by atoms with Gasteiger partial charge in [0.15, 0.2) is 5.82 Å². The summed E-state index contributed by atoms with van der Waals surface area (Å²) in [5.74, 6) is -2.21. The summed E-state index contributed by atoms with van der Waals surface area (Å²) in [5.41, 5.74) is 2.42. The number of nitrogens with zero attached hydrogens (tertiary/aromatic N) is 6. The van der Waals surface area contributed by atoms with Crippen molar-refractivity contribution in [2.24, 2.45) is 0 Å². The predicted molar refractivity (Wildman–Crippen MR) is 133 cm³/mol. The molecule has 11 heteroatoms. The zero-order valence-electron chi connectivity index (χ0n) is 19.7. The van der Waals surface area contributed by atoms with E-state index in [1.165, 1.54) is 17.4 Å². The van der Waals surface area contributed by atoms with Crippen LogP contribution >= 0.6 is 22.9 Å². The Morgan fingerprint density at radius 2 is 1.97 bits per heavy atom. The molecule has 0 radical (unpaired) electrons. The van der Waals surface area contributed by atoms with E-state index in [2.05, 4.69) is 15.0 Å². The van der Waals surface area contributed by atoms with Crippen LogP contribution in [0.2, 0.25) is 4.34 Å². The second kappa shape index (κ2) is 9.02. The van der Waals surface area contributed by atoms with Crippen molar-refractivity contribution in [2.45, 2.75) is 44.4 Å². The molecule has 0 aliphatic carbocycles. The van der Waals surface area contributed by atoms with Gasteiger partial charge in [-0.25, -0.2) is 9.67 Å². The van der Waals surface area contributed by atoms with Gasteiger partial charge < -0.3 is 4.74 Å². The monoisotopic (exact) mass is 530 g/mol. The van der Waals surface area contributed by atoms with Gasteiger partial charge in [-0.15, -0.1) is 11.3 Å². The quantitative estimate of drug-likeness (QED) is 0.357. The Labute approximate surface area is 216 Å². The maximum absolute atomic E-state index is 14.4. The Balaban J connectivity index is 1.18. The zero-order valence-corrected chi connectivity index (χ0v) is 21.3. The largest absolute Gasteiger partial charge is 0.363 e. The second-order valence-electron chi connectivity index (χ2n) is 9.43. The number of aryl methyl sites for hydroxylation is 1. The molecule has 36 heavy (non-hydrogen) atoms. The molecule has 2 aliphatic heterocycles. The summed E-state index contributed by atoms with van der Waals surface area (Å²) in [7, 11) is 0. The third-order valence-electron chi connectivity index (χ3n) is 7.07. The fourth-order valence-corrected chi connectivity index (χ4v) is 6.60. The van der Waals surface area contributed by atoms with Gasteiger partial charge in [-0.3, -0.25) is 9.58 Å². The Bertz CT molecular complexity index is 1380. The molecule has 1 spiro atoms. The lowest BCUT2D eigenvalue weighted by atomic mass is 9.84. The highest BCUT2D eigenvalue weighted by atomic mass is 35.5. The van der Waals surface area contributed by atoms with Crippen LogP contribution in [0.25, 0.3) is 5.82 Å². The van der Waals surface area contributed by atoms with Crippen LogP contribution in [0.5, 0.6) is 0 Å². The zero-order chi connectivity index (χ0) is 24.9. The van der Waals surface area contributed by atoms with Crippen molar-refractivity contribution in [3.8, 4) is 5.82 Å². The smallest absolute Gasteiger partial charge is 0.297 e. The van der Waals surface area contributed by atoms with Gasteiger partial charge in [-0.1, -0.05) is 17.7 Å². The lowest BCUT2D eigenvalue weighted by molar-refractivity contribution is -0.182. The number of hydrogen-bond acceptors (Lipinski definition) is 6. The average molecular weight is 531 g/mol. The van der Waals surface area contributed by atoms with Gasteiger partial charge in [0.25, 0.3) is 5.92 Å². The fraction of sp³-hybridized carbons (Fsp3) is 0.400. The minimum Gasteiger partial charge on any atom is -0.363 e. The van der Waals surface area contributed by atoms with E-state index < -0.39 is 18.1 Å². The molecule has 0 atom stereocenters. The Hall–Kier alpha value is -2.66. The first kappa shape index (κ1) is 23.7. The van der Waals surface area contributed by atoms with Gasteiger partial charge in [0, 0.05) is 66.0 Å². The minimum absolute atomic E-state index is 0.0376. The number of piperidine rings is 1. The molecule has 0 saturated carbocycles. The van der Waals surface area contributed by atoms with Crippen LogP contribution < -0.4 is 0 Å². The van der Waals surface area contributed by atoms with E-state index in [1.54, 1.807) is 12.4 Å². The molecule has 0 unspecified atom stereocenters. The van der Waals surface area contributed by atoms with Gasteiger partial charge in [-0.2, -0.15) is 19.0 Å². The Morgan fingerprint density at radius 1 is 1.14 bits per heavy atom. The highest BCUT2D eigenvalue weighted by Gasteiger charge is 2.51. The second-order valence-corrected chi connectivity index (χ2v) is 11.1. The van der Waals surface area contributed by atoms with Crippen LogP contribution in [0.1, 0.15) is 40.1 Å². The first-order valence-corrected chi connectivity index (χ1v) is 13.0. The summed E-state index contributed by atoms with van der Waals surface area (Å²) in [4.78, 5) is 7.50. The van der Waals surface area contributed by atoms with E-state index in [-0.39, 0.29) is 5.56 Å². The van der Waals surface area contributed by atoms with Crippen molar-refractivity contribution in [3.63, 3.8) is 0 Å². The van der Waals surface area contributed by atoms with Crippen LogP contribution in [-0.4, -0.2) is 49.1 Å². The van der Waals surface area contributed by atoms with Gasteiger partial charge >= 0.3 is 0 Å². The number of alkyl halides is 2. The fourth-order valence-electron chi connectivity index (χ4n) is 5.12. The molecule has 0 N–H and O–H groups in total. The Morgan fingerprint density at radius 3 is 2.75 bits per heavy atom. The van der Waals surface area contributed by atoms with Crippen molar-refractivity contribution in [1.82, 2.24) is 29.4 Å². The summed E-state index contributed by atoms with van der Waals surface area (Å²) in [5, 5.41) is 9.04. The highest BCUT2D eigenvalue weighted by molar-refractivity contribution is 7.16. The number of pyridine rings is 1. The summed E-state index contributed by atoms with van der Waals surface area (Å²) >= 11 is 7.36. The maximum Gasteiger partial charge on any atom is 0.297 e. The van der Waals surface area contributed by atoms with Crippen LogP contribution in [0.4, 0.5) is 8.78 Å². The number of likely N-dealkylation sites (tertiary alicyclic amines) is 1. The standard InChI is InChI=1S/C25H25ClF2N6OS/c1-17-19(15-34(31-17)23-18(4-2-7-29-23)14-33-9-3-8-30-33)13-32-10-5-24(6-11-32)22-20(12-21(26)36-22)25(27,28)16-35-24/h2-4,7-9,12,15H,5-6,10-11,13-14,16H2,1H3. The van der Waals surface area contributed by atoms with E-state index in [4.69, 9.17) is 21.4 Å². The lowest BCUT2D eigenvalue weighted by Crippen LogP contribution is -2.48. The molecule has 7 nitrogen and oxygen atoms in total.